The van der Waals surface area contributed by atoms with Crippen LogP contribution >= 0.6 is 0 Å². The van der Waals surface area contributed by atoms with Crippen LogP contribution in [0.2, 0.25) is 0 Å². The maximum Gasteiger partial charge on any atom is 0.310 e. The minimum absolute atomic E-state index is 0.0642. The van der Waals surface area contributed by atoms with Gasteiger partial charge in [0.2, 0.25) is 5.91 Å². The number of hydrogen-bond donors (Lipinski definition) is 1. The molecule has 1 aliphatic heterocycles. The first-order chi connectivity index (χ1) is 9.58. The number of benzene rings is 1. The normalized spacial score (nSPS) is 16.9. The summed E-state index contributed by atoms with van der Waals surface area (Å²) in [6.45, 7) is 2.40. The van der Waals surface area contributed by atoms with E-state index in [4.69, 9.17) is 5.11 Å². The number of fused-ring (bicyclic) bond motifs is 1. The predicted molar refractivity (Wildman–Crippen MR) is 72.1 cm³/mol. The highest BCUT2D eigenvalue weighted by Gasteiger charge is 2.37. The van der Waals surface area contributed by atoms with E-state index in [1.54, 1.807) is 11.2 Å². The summed E-state index contributed by atoms with van der Waals surface area (Å²) in [6.07, 6.45) is 1.65. The van der Waals surface area contributed by atoms with Gasteiger partial charge in [-0.05, 0) is 19.1 Å². The van der Waals surface area contributed by atoms with Crippen LogP contribution in [-0.4, -0.2) is 44.5 Å². The van der Waals surface area contributed by atoms with Crippen molar-refractivity contribution in [2.75, 3.05) is 13.1 Å². The second-order valence-electron chi connectivity index (χ2n) is 5.09. The van der Waals surface area contributed by atoms with Crippen LogP contribution in [0.4, 0.5) is 0 Å². The first-order valence-electron chi connectivity index (χ1n) is 6.51. The Hall–Kier alpha value is -2.37. The van der Waals surface area contributed by atoms with Gasteiger partial charge in [-0.15, -0.1) is 0 Å². The average Bonchev–Trinajstić information content (AvgIpc) is 2.79. The number of carboxylic acids is 1. The first-order valence-corrected chi connectivity index (χ1v) is 6.51. The molecule has 1 atom stereocenters. The Balaban J connectivity index is 1.78. The van der Waals surface area contributed by atoms with E-state index in [1.165, 1.54) is 0 Å². The molecule has 1 saturated heterocycles. The monoisotopic (exact) mass is 273 g/mol. The molecule has 1 unspecified atom stereocenters. The van der Waals surface area contributed by atoms with Gasteiger partial charge in [0, 0.05) is 13.1 Å². The Morgan fingerprint density at radius 2 is 2.05 bits per heavy atom. The van der Waals surface area contributed by atoms with Gasteiger partial charge in [-0.25, -0.2) is 4.98 Å². The number of para-hydroxylation sites is 2. The summed E-state index contributed by atoms with van der Waals surface area (Å²) in [5.74, 6) is -1.33. The molecule has 1 amide bonds. The quantitative estimate of drug-likeness (QED) is 0.910. The van der Waals surface area contributed by atoms with Crippen molar-refractivity contribution in [3.63, 3.8) is 0 Å². The highest BCUT2D eigenvalue weighted by Crippen LogP contribution is 2.23. The summed E-state index contributed by atoms with van der Waals surface area (Å²) < 4.78 is 1.83. The number of hydrogen-bond acceptors (Lipinski definition) is 3. The highest BCUT2D eigenvalue weighted by molar-refractivity contribution is 5.85. The van der Waals surface area contributed by atoms with Crippen LogP contribution in [0.3, 0.4) is 0 Å². The third kappa shape index (κ3) is 1.93. The molecule has 1 fully saturated rings. The zero-order valence-electron chi connectivity index (χ0n) is 11.1. The molecule has 1 aliphatic rings. The lowest BCUT2D eigenvalue weighted by atomic mass is 9.99. The molecule has 6 nitrogen and oxygen atoms in total. The van der Waals surface area contributed by atoms with Gasteiger partial charge < -0.3 is 14.6 Å². The van der Waals surface area contributed by atoms with Crippen LogP contribution in [0, 0.1) is 5.92 Å². The molecule has 1 N–H and O–H groups in total. The molecule has 0 radical (unpaired) electrons. The Bertz CT molecular complexity index is 673. The van der Waals surface area contributed by atoms with E-state index in [-0.39, 0.29) is 11.9 Å². The molecule has 0 saturated carbocycles. The molecule has 2 aromatic rings. The molecule has 104 valence electrons. The molecule has 1 aromatic heterocycles. The van der Waals surface area contributed by atoms with Crippen molar-refractivity contribution in [2.45, 2.75) is 13.0 Å². The van der Waals surface area contributed by atoms with Gasteiger partial charge in [0.25, 0.3) is 0 Å². The third-order valence-electron chi connectivity index (χ3n) is 3.80. The Kier molecular flexibility index (Phi) is 2.93. The zero-order chi connectivity index (χ0) is 14.3. The van der Waals surface area contributed by atoms with Gasteiger partial charge in [0.05, 0.1) is 23.3 Å². The largest absolute Gasteiger partial charge is 0.481 e. The lowest BCUT2D eigenvalue weighted by Gasteiger charge is -2.38. The SMILES string of the molecule is CC(C(=O)N1CC(C(=O)O)C1)n1cnc2ccccc21. The number of carbonyl (C=O) groups is 2. The van der Waals surface area contributed by atoms with Crippen LogP contribution in [0.15, 0.2) is 30.6 Å². The maximum atomic E-state index is 12.3. The van der Waals surface area contributed by atoms with E-state index in [1.807, 2.05) is 35.8 Å². The van der Waals surface area contributed by atoms with Crippen molar-refractivity contribution in [3.8, 4) is 0 Å². The molecular weight excluding hydrogens is 258 g/mol. The van der Waals surface area contributed by atoms with E-state index in [2.05, 4.69) is 4.98 Å². The number of aromatic nitrogens is 2. The van der Waals surface area contributed by atoms with Crippen molar-refractivity contribution in [1.82, 2.24) is 14.5 Å². The molecule has 3 rings (SSSR count). The summed E-state index contributed by atoms with van der Waals surface area (Å²) in [6, 6.07) is 7.24. The Morgan fingerprint density at radius 3 is 2.75 bits per heavy atom. The lowest BCUT2D eigenvalue weighted by Crippen LogP contribution is -2.54. The van der Waals surface area contributed by atoms with Gasteiger partial charge >= 0.3 is 5.97 Å². The number of likely N-dealkylation sites (tertiary alicyclic amines) is 1. The van der Waals surface area contributed by atoms with Crippen molar-refractivity contribution < 1.29 is 14.7 Å². The Labute approximate surface area is 115 Å². The van der Waals surface area contributed by atoms with Crippen molar-refractivity contribution in [3.05, 3.63) is 30.6 Å². The summed E-state index contributed by atoms with van der Waals surface area (Å²) in [7, 11) is 0. The van der Waals surface area contributed by atoms with Crippen LogP contribution in [-0.2, 0) is 9.59 Å². The van der Waals surface area contributed by atoms with Gasteiger partial charge in [-0.2, -0.15) is 0 Å². The summed E-state index contributed by atoms with van der Waals surface area (Å²) in [5, 5.41) is 8.84. The molecule has 6 heteroatoms. The highest BCUT2D eigenvalue weighted by atomic mass is 16.4. The van der Waals surface area contributed by atoms with E-state index < -0.39 is 11.9 Å². The predicted octanol–water partition coefficient (Wildman–Crippen LogP) is 1.14. The van der Waals surface area contributed by atoms with E-state index in [9.17, 15) is 9.59 Å². The van der Waals surface area contributed by atoms with E-state index in [0.717, 1.165) is 11.0 Å². The number of rotatable bonds is 3. The fourth-order valence-electron chi connectivity index (χ4n) is 2.48. The number of imidazole rings is 1. The maximum absolute atomic E-state index is 12.3. The minimum atomic E-state index is -0.838. The average molecular weight is 273 g/mol. The topological polar surface area (TPSA) is 75.4 Å². The first kappa shape index (κ1) is 12.7. The summed E-state index contributed by atoms with van der Waals surface area (Å²) in [4.78, 5) is 28.9. The van der Waals surface area contributed by atoms with Gasteiger partial charge in [0.15, 0.2) is 0 Å². The second-order valence-corrected chi connectivity index (χ2v) is 5.09. The molecule has 1 aromatic carbocycles. The van der Waals surface area contributed by atoms with Crippen LogP contribution in [0.5, 0.6) is 0 Å². The Morgan fingerprint density at radius 1 is 1.35 bits per heavy atom. The third-order valence-corrected chi connectivity index (χ3v) is 3.80. The lowest BCUT2D eigenvalue weighted by molar-refractivity contribution is -0.154. The van der Waals surface area contributed by atoms with Gasteiger partial charge in [-0.1, -0.05) is 12.1 Å². The number of aliphatic carboxylic acids is 1. The number of amides is 1. The number of carboxylic acid groups (broad SMARTS) is 1. The molecule has 0 aliphatic carbocycles. The van der Waals surface area contributed by atoms with E-state index >= 15 is 0 Å². The summed E-state index contributed by atoms with van der Waals surface area (Å²) in [5.41, 5.74) is 1.75. The number of carbonyl (C=O) groups excluding carboxylic acids is 1. The molecule has 20 heavy (non-hydrogen) atoms. The molecular formula is C14H15N3O3. The van der Waals surface area contributed by atoms with Crippen LogP contribution in [0.1, 0.15) is 13.0 Å². The standard InChI is InChI=1S/C14H15N3O3/c1-9(13(18)16-6-10(7-16)14(19)20)17-8-15-11-4-2-3-5-12(11)17/h2-5,8-10H,6-7H2,1H3,(H,19,20). The van der Waals surface area contributed by atoms with Crippen molar-refractivity contribution >= 4 is 22.9 Å². The van der Waals surface area contributed by atoms with Crippen molar-refractivity contribution in [2.24, 2.45) is 5.92 Å². The second kappa shape index (κ2) is 4.63. The fraction of sp³-hybridized carbons (Fsp3) is 0.357. The zero-order valence-corrected chi connectivity index (χ0v) is 11.1. The van der Waals surface area contributed by atoms with Crippen molar-refractivity contribution in [1.29, 1.82) is 0 Å². The van der Waals surface area contributed by atoms with Gasteiger partial charge in [0.1, 0.15) is 6.04 Å². The molecule has 0 spiro atoms. The minimum Gasteiger partial charge on any atom is -0.481 e. The molecule has 0 bridgehead atoms. The van der Waals surface area contributed by atoms with Crippen LogP contribution < -0.4 is 0 Å². The smallest absolute Gasteiger partial charge is 0.310 e. The van der Waals surface area contributed by atoms with Crippen LogP contribution in [0.25, 0.3) is 11.0 Å². The van der Waals surface area contributed by atoms with Gasteiger partial charge in [-0.3, -0.25) is 9.59 Å². The summed E-state index contributed by atoms with van der Waals surface area (Å²) >= 11 is 0. The number of nitrogens with zero attached hydrogens (tertiary/aromatic N) is 3. The van der Waals surface area contributed by atoms with E-state index in [0.29, 0.717) is 13.1 Å². The fourth-order valence-corrected chi connectivity index (χ4v) is 2.48. The molecule has 2 heterocycles.